The fourth-order valence-electron chi connectivity index (χ4n) is 1.39. The van der Waals surface area contributed by atoms with Gasteiger partial charge < -0.3 is 10.6 Å². The number of nitrogens with zero attached hydrogens (tertiary/aromatic N) is 2. The second-order valence-electron chi connectivity index (χ2n) is 4.61. The molecule has 5 nitrogen and oxygen atoms in total. The van der Waals surface area contributed by atoms with Gasteiger partial charge in [0, 0.05) is 24.0 Å². The number of carbonyl (C=O) groups is 1. The van der Waals surface area contributed by atoms with Crippen molar-refractivity contribution in [1.82, 2.24) is 5.32 Å². The standard InChI is InChI=1S/C15H16N4O/c1-11(2)9-19-15(20)13-4-3-5-14(6-13)18-10-12(7-16)8-17/h3-6,10-11,18H,9H2,1-2H3,(H,19,20). The lowest BCUT2D eigenvalue weighted by Crippen LogP contribution is -2.27. The van der Waals surface area contributed by atoms with Crippen LogP contribution in [0.4, 0.5) is 5.69 Å². The molecular weight excluding hydrogens is 252 g/mol. The van der Waals surface area contributed by atoms with Crippen LogP contribution in [0.3, 0.4) is 0 Å². The molecule has 0 aliphatic rings. The molecule has 1 aromatic carbocycles. The minimum atomic E-state index is -0.146. The molecule has 0 unspecified atom stereocenters. The lowest BCUT2D eigenvalue weighted by Gasteiger charge is -2.08. The molecule has 0 aliphatic heterocycles. The third-order valence-corrected chi connectivity index (χ3v) is 2.42. The summed E-state index contributed by atoms with van der Waals surface area (Å²) in [5, 5.41) is 22.9. The van der Waals surface area contributed by atoms with Crippen molar-refractivity contribution in [2.24, 2.45) is 5.92 Å². The first-order valence-electron chi connectivity index (χ1n) is 6.22. The van der Waals surface area contributed by atoms with Gasteiger partial charge in [0.15, 0.2) is 0 Å². The zero-order chi connectivity index (χ0) is 15.0. The van der Waals surface area contributed by atoms with Gasteiger partial charge in [-0.2, -0.15) is 10.5 Å². The summed E-state index contributed by atoms with van der Waals surface area (Å²) in [5.41, 5.74) is 1.14. The molecule has 0 heterocycles. The monoisotopic (exact) mass is 268 g/mol. The molecule has 0 spiro atoms. The van der Waals surface area contributed by atoms with Crippen LogP contribution in [0.2, 0.25) is 0 Å². The lowest BCUT2D eigenvalue weighted by molar-refractivity contribution is 0.0949. The molecule has 2 N–H and O–H groups in total. The zero-order valence-electron chi connectivity index (χ0n) is 11.5. The Balaban J connectivity index is 2.76. The van der Waals surface area contributed by atoms with Crippen molar-refractivity contribution < 1.29 is 4.79 Å². The zero-order valence-corrected chi connectivity index (χ0v) is 11.5. The molecule has 20 heavy (non-hydrogen) atoms. The highest BCUT2D eigenvalue weighted by Crippen LogP contribution is 2.11. The van der Waals surface area contributed by atoms with E-state index >= 15 is 0 Å². The van der Waals surface area contributed by atoms with Crippen molar-refractivity contribution in [2.45, 2.75) is 13.8 Å². The molecular formula is C15H16N4O. The van der Waals surface area contributed by atoms with Gasteiger partial charge in [-0.05, 0) is 24.1 Å². The van der Waals surface area contributed by atoms with E-state index < -0.39 is 0 Å². The van der Waals surface area contributed by atoms with Crippen molar-refractivity contribution in [3.05, 3.63) is 41.6 Å². The van der Waals surface area contributed by atoms with Gasteiger partial charge in [-0.15, -0.1) is 0 Å². The third-order valence-electron chi connectivity index (χ3n) is 2.42. The Morgan fingerprint density at radius 3 is 2.65 bits per heavy atom. The first-order valence-corrected chi connectivity index (χ1v) is 6.22. The molecule has 0 fully saturated rings. The van der Waals surface area contributed by atoms with E-state index in [0.717, 1.165) is 0 Å². The predicted molar refractivity (Wildman–Crippen MR) is 76.5 cm³/mol. The molecule has 0 radical (unpaired) electrons. The van der Waals surface area contributed by atoms with Crippen molar-refractivity contribution in [1.29, 1.82) is 10.5 Å². The van der Waals surface area contributed by atoms with E-state index in [2.05, 4.69) is 10.6 Å². The minimum absolute atomic E-state index is 0.0281. The number of hydrogen-bond acceptors (Lipinski definition) is 4. The highest BCUT2D eigenvalue weighted by atomic mass is 16.1. The Kier molecular flexibility index (Phi) is 5.80. The lowest BCUT2D eigenvalue weighted by atomic mass is 10.1. The summed E-state index contributed by atoms with van der Waals surface area (Å²) in [4.78, 5) is 11.9. The van der Waals surface area contributed by atoms with Gasteiger partial charge in [0.05, 0.1) is 0 Å². The van der Waals surface area contributed by atoms with Crippen LogP contribution in [0.1, 0.15) is 24.2 Å². The number of nitrogens with one attached hydrogen (secondary N) is 2. The summed E-state index contributed by atoms with van der Waals surface area (Å²) in [5.74, 6) is 0.240. The number of amides is 1. The van der Waals surface area contributed by atoms with E-state index in [1.165, 1.54) is 6.20 Å². The maximum Gasteiger partial charge on any atom is 0.251 e. The minimum Gasteiger partial charge on any atom is -0.360 e. The first kappa shape index (κ1) is 15.3. The molecule has 0 aromatic heterocycles. The van der Waals surface area contributed by atoms with Gasteiger partial charge in [0.25, 0.3) is 5.91 Å². The largest absolute Gasteiger partial charge is 0.360 e. The van der Waals surface area contributed by atoms with Crippen LogP contribution in [-0.2, 0) is 0 Å². The van der Waals surface area contributed by atoms with Gasteiger partial charge in [-0.1, -0.05) is 19.9 Å². The van der Waals surface area contributed by atoms with Crippen LogP contribution in [0.5, 0.6) is 0 Å². The summed E-state index contributed by atoms with van der Waals surface area (Å²) in [6.07, 6.45) is 1.31. The number of nitriles is 2. The number of allylic oxidation sites excluding steroid dienone is 1. The van der Waals surface area contributed by atoms with Crippen LogP contribution in [0.25, 0.3) is 0 Å². The average Bonchev–Trinajstić information content (AvgIpc) is 2.46. The third kappa shape index (κ3) is 4.83. The summed E-state index contributed by atoms with van der Waals surface area (Å²) in [6, 6.07) is 10.4. The Morgan fingerprint density at radius 1 is 1.35 bits per heavy atom. The molecule has 102 valence electrons. The Morgan fingerprint density at radius 2 is 2.05 bits per heavy atom. The number of hydrogen-bond donors (Lipinski definition) is 2. The van der Waals surface area contributed by atoms with Crippen LogP contribution in [-0.4, -0.2) is 12.5 Å². The quantitative estimate of drug-likeness (QED) is 0.802. The van der Waals surface area contributed by atoms with E-state index in [1.807, 2.05) is 13.8 Å². The van der Waals surface area contributed by atoms with Crippen LogP contribution in [0, 0.1) is 28.6 Å². The fourth-order valence-corrected chi connectivity index (χ4v) is 1.39. The van der Waals surface area contributed by atoms with E-state index in [1.54, 1.807) is 36.4 Å². The molecule has 0 atom stereocenters. The second kappa shape index (κ2) is 7.60. The number of anilines is 1. The van der Waals surface area contributed by atoms with Gasteiger partial charge in [0.1, 0.15) is 17.7 Å². The van der Waals surface area contributed by atoms with Gasteiger partial charge in [-0.3, -0.25) is 4.79 Å². The average molecular weight is 268 g/mol. The fraction of sp³-hybridized carbons (Fsp3) is 0.267. The summed E-state index contributed by atoms with van der Waals surface area (Å²) in [6.45, 7) is 4.66. The number of benzene rings is 1. The highest BCUT2D eigenvalue weighted by molar-refractivity contribution is 5.95. The molecule has 1 amide bonds. The van der Waals surface area contributed by atoms with E-state index in [-0.39, 0.29) is 11.5 Å². The number of rotatable bonds is 5. The highest BCUT2D eigenvalue weighted by Gasteiger charge is 2.06. The summed E-state index contributed by atoms with van der Waals surface area (Å²) in [7, 11) is 0. The SMILES string of the molecule is CC(C)CNC(=O)c1cccc(NC=C(C#N)C#N)c1. The molecule has 1 rings (SSSR count). The van der Waals surface area contributed by atoms with Gasteiger partial charge in [-0.25, -0.2) is 0 Å². The maximum atomic E-state index is 11.9. The Hall–Kier alpha value is -2.79. The van der Waals surface area contributed by atoms with Crippen molar-refractivity contribution >= 4 is 11.6 Å². The molecule has 1 aromatic rings. The molecule has 0 bridgehead atoms. The van der Waals surface area contributed by atoms with E-state index in [4.69, 9.17) is 10.5 Å². The summed E-state index contributed by atoms with van der Waals surface area (Å²) >= 11 is 0. The van der Waals surface area contributed by atoms with Crippen molar-refractivity contribution in [3.8, 4) is 12.1 Å². The summed E-state index contributed by atoms with van der Waals surface area (Å²) < 4.78 is 0. The first-order chi connectivity index (χ1) is 9.56. The maximum absolute atomic E-state index is 11.9. The molecule has 0 saturated carbocycles. The normalized spacial score (nSPS) is 9.25. The van der Waals surface area contributed by atoms with Gasteiger partial charge >= 0.3 is 0 Å². The van der Waals surface area contributed by atoms with Crippen LogP contribution < -0.4 is 10.6 Å². The Bertz CT molecular complexity index is 575. The topological polar surface area (TPSA) is 88.7 Å². The molecule has 0 aliphatic carbocycles. The molecule has 5 heteroatoms. The van der Waals surface area contributed by atoms with Crippen molar-refractivity contribution in [2.75, 3.05) is 11.9 Å². The second-order valence-corrected chi connectivity index (χ2v) is 4.61. The Labute approximate surface area is 118 Å². The van der Waals surface area contributed by atoms with E-state index in [9.17, 15) is 4.79 Å². The molecule has 0 saturated heterocycles. The van der Waals surface area contributed by atoms with Crippen LogP contribution >= 0.6 is 0 Å². The van der Waals surface area contributed by atoms with E-state index in [0.29, 0.717) is 23.7 Å². The van der Waals surface area contributed by atoms with Crippen molar-refractivity contribution in [3.63, 3.8) is 0 Å². The van der Waals surface area contributed by atoms with Gasteiger partial charge in [0.2, 0.25) is 0 Å². The smallest absolute Gasteiger partial charge is 0.251 e. The number of carbonyl (C=O) groups excluding carboxylic acids is 1. The predicted octanol–water partition coefficient (Wildman–Crippen LogP) is 2.42. The van der Waals surface area contributed by atoms with Crippen LogP contribution in [0.15, 0.2) is 36.0 Å².